The van der Waals surface area contributed by atoms with Crippen LogP contribution in [-0.2, 0) is 0 Å². The first-order valence-electron chi connectivity index (χ1n) is 6.31. The lowest BCUT2D eigenvalue weighted by Gasteiger charge is -2.24. The number of rotatable bonds is 6. The highest BCUT2D eigenvalue weighted by atomic mass is 35.5. The van der Waals surface area contributed by atoms with Crippen LogP contribution < -0.4 is 5.32 Å². The van der Waals surface area contributed by atoms with Crippen molar-refractivity contribution in [3.63, 3.8) is 0 Å². The molecule has 0 fully saturated rings. The molecule has 3 unspecified atom stereocenters. The van der Waals surface area contributed by atoms with Crippen LogP contribution in [0.3, 0.4) is 0 Å². The van der Waals surface area contributed by atoms with Crippen molar-refractivity contribution in [1.29, 1.82) is 0 Å². The molecule has 3 nitrogen and oxygen atoms in total. The Morgan fingerprint density at radius 1 is 1.33 bits per heavy atom. The van der Waals surface area contributed by atoms with Gasteiger partial charge >= 0.3 is 0 Å². The normalized spacial score (nSPS) is 16.3. The van der Waals surface area contributed by atoms with E-state index in [1.54, 1.807) is 13.0 Å². The molecule has 0 saturated carbocycles. The van der Waals surface area contributed by atoms with Gasteiger partial charge in [0.2, 0.25) is 0 Å². The van der Waals surface area contributed by atoms with Gasteiger partial charge in [-0.15, -0.1) is 0 Å². The number of aryl methyl sites for hydroxylation is 1. The molecule has 3 atom stereocenters. The molecule has 1 aromatic carbocycles. The third-order valence-electron chi connectivity index (χ3n) is 3.02. The van der Waals surface area contributed by atoms with E-state index >= 15 is 0 Å². The Hall–Kier alpha value is -0.610. The molecule has 102 valence electrons. The van der Waals surface area contributed by atoms with E-state index in [2.05, 4.69) is 5.32 Å². The summed E-state index contributed by atoms with van der Waals surface area (Å²) in [5.74, 6) is 0. The summed E-state index contributed by atoms with van der Waals surface area (Å²) in [6.45, 7) is 6.12. The lowest BCUT2D eigenvalue weighted by atomic mass is 9.98. The zero-order chi connectivity index (χ0) is 13.7. The minimum atomic E-state index is -0.593. The lowest BCUT2D eigenvalue weighted by molar-refractivity contribution is 0.112. The van der Waals surface area contributed by atoms with Gasteiger partial charge in [-0.2, -0.15) is 0 Å². The van der Waals surface area contributed by atoms with Crippen molar-refractivity contribution in [3.05, 3.63) is 34.3 Å². The molecule has 0 aliphatic rings. The third kappa shape index (κ3) is 4.25. The summed E-state index contributed by atoms with van der Waals surface area (Å²) in [5, 5.41) is 23.5. The summed E-state index contributed by atoms with van der Waals surface area (Å²) in [7, 11) is 0. The standard InChI is InChI=1S/C14H22ClNO2/c1-4-13(16-8-10(3)17)14(18)11-5-6-12(15)9(2)7-11/h5-7,10,13-14,16-18H,4,8H2,1-3H3. The van der Waals surface area contributed by atoms with Crippen LogP contribution in [-0.4, -0.2) is 28.9 Å². The van der Waals surface area contributed by atoms with E-state index in [1.807, 2.05) is 26.0 Å². The number of hydrogen-bond acceptors (Lipinski definition) is 3. The zero-order valence-electron chi connectivity index (χ0n) is 11.2. The summed E-state index contributed by atoms with van der Waals surface area (Å²) in [6, 6.07) is 5.48. The first kappa shape index (κ1) is 15.4. The first-order valence-corrected chi connectivity index (χ1v) is 6.69. The van der Waals surface area contributed by atoms with Crippen molar-refractivity contribution in [1.82, 2.24) is 5.32 Å². The highest BCUT2D eigenvalue weighted by Crippen LogP contribution is 2.23. The van der Waals surface area contributed by atoms with E-state index in [-0.39, 0.29) is 6.04 Å². The number of aliphatic hydroxyl groups is 2. The van der Waals surface area contributed by atoms with E-state index < -0.39 is 12.2 Å². The van der Waals surface area contributed by atoms with Crippen molar-refractivity contribution in [2.75, 3.05) is 6.54 Å². The number of hydrogen-bond donors (Lipinski definition) is 3. The van der Waals surface area contributed by atoms with E-state index in [1.165, 1.54) is 0 Å². The highest BCUT2D eigenvalue weighted by molar-refractivity contribution is 6.31. The molecule has 0 spiro atoms. The molecular weight excluding hydrogens is 250 g/mol. The smallest absolute Gasteiger partial charge is 0.0942 e. The van der Waals surface area contributed by atoms with Crippen LogP contribution in [0, 0.1) is 6.92 Å². The maximum atomic E-state index is 10.3. The van der Waals surface area contributed by atoms with Gasteiger partial charge in [0, 0.05) is 17.6 Å². The predicted molar refractivity (Wildman–Crippen MR) is 74.9 cm³/mol. The Morgan fingerprint density at radius 2 is 2.00 bits per heavy atom. The molecule has 1 rings (SSSR count). The topological polar surface area (TPSA) is 52.5 Å². The molecule has 0 aliphatic carbocycles. The number of halogens is 1. The molecule has 1 aromatic rings. The van der Waals surface area contributed by atoms with Crippen LogP contribution >= 0.6 is 11.6 Å². The van der Waals surface area contributed by atoms with Gasteiger partial charge in [-0.1, -0.05) is 30.7 Å². The van der Waals surface area contributed by atoms with Crippen molar-refractivity contribution >= 4 is 11.6 Å². The molecule has 0 saturated heterocycles. The van der Waals surface area contributed by atoms with Crippen molar-refractivity contribution in [2.45, 2.75) is 45.4 Å². The Labute approximate surface area is 114 Å². The monoisotopic (exact) mass is 271 g/mol. The van der Waals surface area contributed by atoms with E-state index in [0.717, 1.165) is 17.5 Å². The fraction of sp³-hybridized carbons (Fsp3) is 0.571. The second-order valence-corrected chi connectivity index (χ2v) is 5.13. The molecule has 0 heterocycles. The van der Waals surface area contributed by atoms with Crippen LogP contribution in [0.15, 0.2) is 18.2 Å². The Balaban J connectivity index is 2.76. The molecule has 0 aliphatic heterocycles. The summed E-state index contributed by atoms with van der Waals surface area (Å²) < 4.78 is 0. The SMILES string of the molecule is CCC(NCC(C)O)C(O)c1ccc(Cl)c(C)c1. The fourth-order valence-electron chi connectivity index (χ4n) is 1.89. The minimum absolute atomic E-state index is 0.0693. The molecule has 0 radical (unpaired) electrons. The van der Waals surface area contributed by atoms with Crippen molar-refractivity contribution in [2.24, 2.45) is 0 Å². The average molecular weight is 272 g/mol. The molecule has 0 aromatic heterocycles. The van der Waals surface area contributed by atoms with Gasteiger partial charge in [0.15, 0.2) is 0 Å². The van der Waals surface area contributed by atoms with Gasteiger partial charge < -0.3 is 15.5 Å². The van der Waals surface area contributed by atoms with Crippen LogP contribution in [0.4, 0.5) is 0 Å². The maximum absolute atomic E-state index is 10.3. The Kier molecular flexibility index (Phi) is 6.09. The molecular formula is C14H22ClNO2. The second kappa shape index (κ2) is 7.10. The Bertz CT molecular complexity index is 382. The summed E-state index contributed by atoms with van der Waals surface area (Å²) in [6.07, 6.45) is -0.224. The van der Waals surface area contributed by atoms with Crippen molar-refractivity contribution in [3.8, 4) is 0 Å². The highest BCUT2D eigenvalue weighted by Gasteiger charge is 2.19. The fourth-order valence-corrected chi connectivity index (χ4v) is 2.00. The minimum Gasteiger partial charge on any atom is -0.392 e. The molecule has 18 heavy (non-hydrogen) atoms. The molecule has 0 amide bonds. The zero-order valence-corrected chi connectivity index (χ0v) is 11.9. The van der Waals surface area contributed by atoms with E-state index in [4.69, 9.17) is 11.6 Å². The van der Waals surface area contributed by atoms with Crippen molar-refractivity contribution < 1.29 is 10.2 Å². The van der Waals surface area contributed by atoms with Crippen LogP contribution in [0.2, 0.25) is 5.02 Å². The predicted octanol–water partition coefficient (Wildman–Crippen LogP) is 2.43. The average Bonchev–Trinajstić information content (AvgIpc) is 2.32. The summed E-state index contributed by atoms with van der Waals surface area (Å²) in [4.78, 5) is 0. The maximum Gasteiger partial charge on any atom is 0.0942 e. The summed E-state index contributed by atoms with van der Waals surface area (Å²) >= 11 is 5.97. The number of aliphatic hydroxyl groups excluding tert-OH is 2. The lowest BCUT2D eigenvalue weighted by Crippen LogP contribution is -2.38. The van der Waals surface area contributed by atoms with Crippen LogP contribution in [0.25, 0.3) is 0 Å². The van der Waals surface area contributed by atoms with Gasteiger partial charge in [0.1, 0.15) is 0 Å². The van der Waals surface area contributed by atoms with Crippen LogP contribution in [0.1, 0.15) is 37.5 Å². The Morgan fingerprint density at radius 3 is 2.50 bits per heavy atom. The van der Waals surface area contributed by atoms with Gasteiger partial charge in [-0.3, -0.25) is 0 Å². The number of nitrogens with one attached hydrogen (secondary N) is 1. The quantitative estimate of drug-likeness (QED) is 0.745. The van der Waals surface area contributed by atoms with Gasteiger partial charge in [0.05, 0.1) is 12.2 Å². The van der Waals surface area contributed by atoms with E-state index in [9.17, 15) is 10.2 Å². The molecule has 3 N–H and O–H groups in total. The van der Waals surface area contributed by atoms with E-state index in [0.29, 0.717) is 11.6 Å². The molecule has 4 heteroatoms. The summed E-state index contributed by atoms with van der Waals surface area (Å²) in [5.41, 5.74) is 1.81. The van der Waals surface area contributed by atoms with Gasteiger partial charge in [-0.05, 0) is 37.5 Å². The number of benzene rings is 1. The van der Waals surface area contributed by atoms with Gasteiger partial charge in [-0.25, -0.2) is 0 Å². The molecule has 0 bridgehead atoms. The largest absolute Gasteiger partial charge is 0.392 e. The first-order chi connectivity index (χ1) is 8.45. The third-order valence-corrected chi connectivity index (χ3v) is 3.44. The van der Waals surface area contributed by atoms with Gasteiger partial charge in [0.25, 0.3) is 0 Å². The van der Waals surface area contributed by atoms with Crippen LogP contribution in [0.5, 0.6) is 0 Å². The second-order valence-electron chi connectivity index (χ2n) is 4.73.